The lowest BCUT2D eigenvalue weighted by molar-refractivity contribution is 0.119. The van der Waals surface area contributed by atoms with E-state index < -0.39 is 0 Å². The van der Waals surface area contributed by atoms with E-state index in [9.17, 15) is 0 Å². The number of aliphatic imine (C=N–C) groups is 1. The molecule has 1 aromatic heterocycles. The van der Waals surface area contributed by atoms with Crippen LogP contribution < -0.4 is 15.4 Å². The van der Waals surface area contributed by atoms with Crippen molar-refractivity contribution in [2.45, 2.75) is 39.3 Å². The number of aromatic nitrogens is 1. The number of nitrogens with one attached hydrogen (secondary N) is 2. The molecule has 0 aliphatic heterocycles. The minimum Gasteiger partial charge on any atom is -0.497 e. The number of hydrogen-bond acceptors (Lipinski definition) is 5. The molecule has 0 aliphatic rings. The molecule has 0 atom stereocenters. The monoisotopic (exact) mass is 390 g/mol. The van der Waals surface area contributed by atoms with E-state index in [0.29, 0.717) is 25.7 Å². The van der Waals surface area contributed by atoms with E-state index >= 15 is 0 Å². The number of thiazole rings is 1. The van der Waals surface area contributed by atoms with Gasteiger partial charge in [0.05, 0.1) is 26.0 Å². The highest BCUT2D eigenvalue weighted by Gasteiger charge is 2.06. The number of benzene rings is 1. The summed E-state index contributed by atoms with van der Waals surface area (Å²) in [5, 5.41) is 9.80. The van der Waals surface area contributed by atoms with Crippen LogP contribution in [0.1, 0.15) is 42.5 Å². The lowest BCUT2D eigenvalue weighted by Crippen LogP contribution is -2.37. The number of methoxy groups -OCH3 is 1. The molecular weight excluding hydrogens is 360 g/mol. The van der Waals surface area contributed by atoms with Crippen molar-refractivity contribution in [3.8, 4) is 5.75 Å². The Morgan fingerprint density at radius 2 is 2.00 bits per heavy atom. The van der Waals surface area contributed by atoms with Gasteiger partial charge in [-0.05, 0) is 30.0 Å². The molecule has 0 spiro atoms. The van der Waals surface area contributed by atoms with Crippen molar-refractivity contribution in [3.63, 3.8) is 0 Å². The van der Waals surface area contributed by atoms with Crippen LogP contribution >= 0.6 is 11.3 Å². The fraction of sp³-hybridized carbons (Fsp3) is 0.500. The van der Waals surface area contributed by atoms with Gasteiger partial charge in [0, 0.05) is 25.6 Å². The van der Waals surface area contributed by atoms with Crippen molar-refractivity contribution < 1.29 is 9.47 Å². The van der Waals surface area contributed by atoms with Crippen LogP contribution in [0.3, 0.4) is 0 Å². The van der Waals surface area contributed by atoms with Gasteiger partial charge in [-0.25, -0.2) is 4.98 Å². The molecule has 0 radical (unpaired) electrons. The summed E-state index contributed by atoms with van der Waals surface area (Å²) in [6.45, 7) is 7.11. The SMILES string of the molecule is CN=C(NCCCOCc1ccc(OC)cc1)NCc1nc(C(C)C)cs1. The molecule has 0 saturated heterocycles. The van der Waals surface area contributed by atoms with Crippen molar-refractivity contribution in [1.29, 1.82) is 0 Å². The predicted molar refractivity (Wildman–Crippen MR) is 112 cm³/mol. The third-order valence-corrected chi connectivity index (χ3v) is 4.84. The maximum atomic E-state index is 5.71. The molecule has 1 heterocycles. The second-order valence-corrected chi connectivity index (χ2v) is 7.37. The molecule has 0 aliphatic carbocycles. The summed E-state index contributed by atoms with van der Waals surface area (Å²) in [5.41, 5.74) is 2.29. The Bertz CT molecular complexity index is 698. The fourth-order valence-corrected chi connectivity index (χ4v) is 3.24. The molecule has 27 heavy (non-hydrogen) atoms. The summed E-state index contributed by atoms with van der Waals surface area (Å²) >= 11 is 1.68. The van der Waals surface area contributed by atoms with Crippen LogP contribution in [0.5, 0.6) is 5.75 Å². The highest BCUT2D eigenvalue weighted by molar-refractivity contribution is 7.09. The molecule has 0 unspecified atom stereocenters. The Balaban J connectivity index is 1.58. The molecule has 0 amide bonds. The van der Waals surface area contributed by atoms with Gasteiger partial charge in [0.15, 0.2) is 5.96 Å². The summed E-state index contributed by atoms with van der Waals surface area (Å²) in [5.74, 6) is 2.11. The molecule has 1 aromatic carbocycles. The lowest BCUT2D eigenvalue weighted by atomic mass is 10.2. The molecule has 6 nitrogen and oxygen atoms in total. The van der Waals surface area contributed by atoms with Crippen LogP contribution in [0.2, 0.25) is 0 Å². The summed E-state index contributed by atoms with van der Waals surface area (Å²) in [6.07, 6.45) is 0.908. The normalized spacial score (nSPS) is 11.7. The highest BCUT2D eigenvalue weighted by Crippen LogP contribution is 2.17. The smallest absolute Gasteiger partial charge is 0.191 e. The standard InChI is InChI=1S/C20H30N4O2S/c1-15(2)18-14-27-19(24-18)12-23-20(21-3)22-10-5-11-26-13-16-6-8-17(25-4)9-7-16/h6-9,14-15H,5,10-13H2,1-4H3,(H2,21,22,23). The molecule has 7 heteroatoms. The minimum absolute atomic E-state index is 0.463. The van der Waals surface area contributed by atoms with E-state index in [1.807, 2.05) is 24.3 Å². The van der Waals surface area contributed by atoms with E-state index in [4.69, 9.17) is 9.47 Å². The molecule has 0 fully saturated rings. The van der Waals surface area contributed by atoms with Crippen LogP contribution in [-0.4, -0.2) is 38.3 Å². The van der Waals surface area contributed by atoms with Gasteiger partial charge in [-0.1, -0.05) is 26.0 Å². The fourth-order valence-electron chi connectivity index (χ4n) is 2.34. The van der Waals surface area contributed by atoms with Crippen LogP contribution in [0.25, 0.3) is 0 Å². The van der Waals surface area contributed by atoms with E-state index in [2.05, 4.69) is 39.8 Å². The number of hydrogen-bond donors (Lipinski definition) is 2. The van der Waals surface area contributed by atoms with Gasteiger partial charge in [-0.2, -0.15) is 0 Å². The van der Waals surface area contributed by atoms with Crippen LogP contribution in [0.15, 0.2) is 34.6 Å². The number of guanidine groups is 1. The molecule has 0 bridgehead atoms. The van der Waals surface area contributed by atoms with E-state index in [-0.39, 0.29) is 0 Å². The molecule has 2 rings (SSSR count). The Labute approximate surface area is 166 Å². The summed E-state index contributed by atoms with van der Waals surface area (Å²) in [6, 6.07) is 7.93. The summed E-state index contributed by atoms with van der Waals surface area (Å²) in [4.78, 5) is 8.87. The third kappa shape index (κ3) is 7.56. The van der Waals surface area contributed by atoms with Gasteiger partial charge in [0.25, 0.3) is 0 Å². The maximum Gasteiger partial charge on any atom is 0.191 e. The van der Waals surface area contributed by atoms with Crippen molar-refractivity contribution in [2.24, 2.45) is 4.99 Å². The number of ether oxygens (including phenoxy) is 2. The second kappa shape index (κ2) is 11.6. The Morgan fingerprint density at radius 3 is 2.63 bits per heavy atom. The first-order valence-electron chi connectivity index (χ1n) is 9.22. The van der Waals surface area contributed by atoms with Crippen molar-refractivity contribution in [1.82, 2.24) is 15.6 Å². The average Bonchev–Trinajstić information content (AvgIpc) is 3.16. The molecule has 2 aromatic rings. The molecule has 148 valence electrons. The first-order valence-corrected chi connectivity index (χ1v) is 10.1. The molecular formula is C20H30N4O2S. The topological polar surface area (TPSA) is 67.8 Å². The molecule has 2 N–H and O–H groups in total. The van der Waals surface area contributed by atoms with Crippen LogP contribution in [0, 0.1) is 0 Å². The maximum absolute atomic E-state index is 5.71. The van der Waals surface area contributed by atoms with Gasteiger partial charge in [-0.3, -0.25) is 4.99 Å². The van der Waals surface area contributed by atoms with Crippen molar-refractivity contribution >= 4 is 17.3 Å². The van der Waals surface area contributed by atoms with Gasteiger partial charge in [0.1, 0.15) is 10.8 Å². The zero-order valence-corrected chi connectivity index (χ0v) is 17.4. The number of nitrogens with zero attached hydrogens (tertiary/aromatic N) is 2. The Morgan fingerprint density at radius 1 is 1.22 bits per heavy atom. The predicted octanol–water partition coefficient (Wildman–Crippen LogP) is 3.55. The largest absolute Gasteiger partial charge is 0.497 e. The first-order chi connectivity index (χ1) is 13.1. The zero-order chi connectivity index (χ0) is 19.5. The second-order valence-electron chi connectivity index (χ2n) is 6.43. The van der Waals surface area contributed by atoms with E-state index in [1.54, 1.807) is 25.5 Å². The van der Waals surface area contributed by atoms with Crippen LogP contribution in [-0.2, 0) is 17.9 Å². The minimum atomic E-state index is 0.463. The quantitative estimate of drug-likeness (QED) is 0.369. The van der Waals surface area contributed by atoms with E-state index in [0.717, 1.165) is 40.9 Å². The van der Waals surface area contributed by atoms with Gasteiger partial charge in [0.2, 0.25) is 0 Å². The van der Waals surface area contributed by atoms with Crippen molar-refractivity contribution in [2.75, 3.05) is 27.3 Å². The Kier molecular flexibility index (Phi) is 9.07. The summed E-state index contributed by atoms with van der Waals surface area (Å²) in [7, 11) is 3.44. The van der Waals surface area contributed by atoms with Gasteiger partial charge in [-0.15, -0.1) is 11.3 Å². The van der Waals surface area contributed by atoms with E-state index in [1.165, 1.54) is 0 Å². The Hall–Kier alpha value is -2.12. The molecule has 0 saturated carbocycles. The average molecular weight is 391 g/mol. The third-order valence-electron chi connectivity index (χ3n) is 3.98. The first kappa shape index (κ1) is 21.2. The van der Waals surface area contributed by atoms with Crippen LogP contribution in [0.4, 0.5) is 0 Å². The van der Waals surface area contributed by atoms with Crippen molar-refractivity contribution in [3.05, 3.63) is 45.9 Å². The van der Waals surface area contributed by atoms with Gasteiger partial charge >= 0.3 is 0 Å². The summed E-state index contributed by atoms with van der Waals surface area (Å²) < 4.78 is 10.9. The van der Waals surface area contributed by atoms with Gasteiger partial charge < -0.3 is 20.1 Å². The number of rotatable bonds is 10. The highest BCUT2D eigenvalue weighted by atomic mass is 32.1. The zero-order valence-electron chi connectivity index (χ0n) is 16.6. The lowest BCUT2D eigenvalue weighted by Gasteiger charge is -2.11.